The number of sulfonamides is 1. The zero-order chi connectivity index (χ0) is 44.6. The number of carbonyl (C=O) groups excluding carboxylic acids is 4. The van der Waals surface area contributed by atoms with Gasteiger partial charge in [0, 0.05) is 54.7 Å². The van der Waals surface area contributed by atoms with Crippen molar-refractivity contribution in [3.05, 3.63) is 91.0 Å². The molecule has 0 radical (unpaired) electrons. The number of hydrogen-bond donors (Lipinski definition) is 3. The molecule has 8 rings (SSSR count). The predicted molar refractivity (Wildman–Crippen MR) is 237 cm³/mol. The van der Waals surface area contributed by atoms with Crippen molar-refractivity contribution in [1.29, 1.82) is 0 Å². The van der Waals surface area contributed by atoms with Gasteiger partial charge in [-0.2, -0.15) is 0 Å². The van der Waals surface area contributed by atoms with Crippen LogP contribution in [0.3, 0.4) is 0 Å². The fourth-order valence-corrected chi connectivity index (χ4v) is 10.1. The first-order valence-corrected chi connectivity index (χ1v) is 23.0. The minimum absolute atomic E-state index is 0.00810. The highest BCUT2D eigenvalue weighted by molar-refractivity contribution is 7.90. The lowest BCUT2D eigenvalue weighted by Gasteiger charge is -2.31. The number of methoxy groups -OCH3 is 1. The monoisotopic (exact) mass is 878 g/mol. The van der Waals surface area contributed by atoms with Crippen LogP contribution in [-0.2, 0) is 35.6 Å². The Balaban J connectivity index is 1.11. The number of amides is 4. The summed E-state index contributed by atoms with van der Waals surface area (Å²) in [7, 11) is -0.640. The summed E-state index contributed by atoms with van der Waals surface area (Å²) in [6.45, 7) is 8.27. The predicted octanol–water partition coefficient (Wildman–Crippen LogP) is 5.51. The highest BCUT2D eigenvalue weighted by Crippen LogP contribution is 2.45. The number of ether oxygens (including phenoxy) is 3. The maximum atomic E-state index is 14.7. The first kappa shape index (κ1) is 43.5. The van der Waals surface area contributed by atoms with Gasteiger partial charge in [-0.05, 0) is 86.4 Å². The number of carbonyl (C=O) groups is 4. The molecule has 63 heavy (non-hydrogen) atoms. The molecule has 16 heteroatoms. The molecular formula is C47H54N6O9S. The van der Waals surface area contributed by atoms with Gasteiger partial charge in [-0.1, -0.05) is 44.2 Å². The van der Waals surface area contributed by atoms with Gasteiger partial charge in [-0.15, -0.1) is 6.58 Å². The lowest BCUT2D eigenvalue weighted by atomic mass is 10.0. The lowest BCUT2D eigenvalue weighted by molar-refractivity contribution is -0.141. The number of likely N-dealkylation sites (tertiary alicyclic amines) is 1. The molecule has 1 saturated heterocycles. The van der Waals surface area contributed by atoms with Crippen LogP contribution in [0.5, 0.6) is 11.5 Å². The Bertz CT molecular complexity index is 2550. The molecule has 3 heterocycles. The zero-order valence-corrected chi connectivity index (χ0v) is 36.8. The molecule has 15 nitrogen and oxygen atoms in total. The molecule has 0 bridgehead atoms. The number of pyridine rings is 1. The van der Waals surface area contributed by atoms with Gasteiger partial charge in [0.05, 0.1) is 29.8 Å². The van der Waals surface area contributed by atoms with E-state index in [0.717, 1.165) is 44.2 Å². The van der Waals surface area contributed by atoms with Crippen LogP contribution in [-0.4, -0.2) is 99.2 Å². The van der Waals surface area contributed by atoms with Crippen LogP contribution >= 0.6 is 0 Å². The second-order valence-corrected chi connectivity index (χ2v) is 19.0. The normalized spacial score (nSPS) is 22.3. The average molecular weight is 879 g/mol. The molecule has 3 aromatic carbocycles. The number of nitrogens with zero attached hydrogens (tertiary/aromatic N) is 3. The molecule has 5 atom stereocenters. The number of likely N-dealkylation sites (N-methyl/N-ethyl adjacent to an activating group) is 1. The Labute approximate surface area is 367 Å². The number of nitrogens with one attached hydrogen (secondary N) is 3. The van der Waals surface area contributed by atoms with E-state index in [1.807, 2.05) is 24.3 Å². The van der Waals surface area contributed by atoms with Crippen molar-refractivity contribution in [3.63, 3.8) is 0 Å². The van der Waals surface area contributed by atoms with Crippen molar-refractivity contribution in [3.8, 4) is 22.8 Å². The molecule has 0 spiro atoms. The third-order valence-corrected chi connectivity index (χ3v) is 14.1. The van der Waals surface area contributed by atoms with Crippen LogP contribution in [0, 0.1) is 11.8 Å². The van der Waals surface area contributed by atoms with Crippen LogP contribution in [0.25, 0.3) is 22.2 Å². The van der Waals surface area contributed by atoms with E-state index >= 15 is 0 Å². The Morgan fingerprint density at radius 1 is 0.984 bits per heavy atom. The third-order valence-electron chi connectivity index (χ3n) is 12.7. The minimum atomic E-state index is -4.29. The summed E-state index contributed by atoms with van der Waals surface area (Å²) >= 11 is 0. The molecule has 332 valence electrons. The minimum Gasteiger partial charge on any atom is -0.497 e. The van der Waals surface area contributed by atoms with Gasteiger partial charge in [0.2, 0.25) is 11.8 Å². The van der Waals surface area contributed by atoms with Gasteiger partial charge in [-0.3, -0.25) is 14.4 Å². The van der Waals surface area contributed by atoms with Gasteiger partial charge in [0.25, 0.3) is 15.9 Å². The summed E-state index contributed by atoms with van der Waals surface area (Å²) in [6, 6.07) is 18.8. The zero-order valence-electron chi connectivity index (χ0n) is 36.0. The highest BCUT2D eigenvalue weighted by Gasteiger charge is 2.61. The molecule has 4 aliphatic rings. The van der Waals surface area contributed by atoms with Crippen LogP contribution in [0.15, 0.2) is 90.3 Å². The number of anilines is 1. The Morgan fingerprint density at radius 3 is 2.44 bits per heavy atom. The number of fused-ring (bicyclic) bond motifs is 2. The van der Waals surface area contributed by atoms with Crippen molar-refractivity contribution in [1.82, 2.24) is 25.2 Å². The SMILES string of the molecule is C=C[C@@H]1C[C@]1(NC(=O)[C@@H]1C[C@@H](Oc2cc(-c3ccc4c(c3)CCN4C)nc3cc(OC)ccc23)CN1C(=O)[C@@H](NC(=O)OC1CCCC1)C(C)C)C(=O)NS(=O)(=O)c1ccccc1. The number of benzene rings is 3. The maximum Gasteiger partial charge on any atom is 0.408 e. The standard InChI is InChI=1S/C47H54N6O9S/c1-6-31-26-47(31,45(56)51-63(58,59)35-14-8-7-9-15-35)50-43(54)40-24-34(27-53(40)44(55)42(28(2)3)49-46(57)62-32-12-10-11-13-32)61-41-25-37(48-38-23-33(60-5)17-18-36(38)41)29-16-19-39-30(22-29)20-21-52(39)4/h6-9,14-19,22-23,25,28,31-32,34,40,42H,1,10-13,20-21,24,26-27H2,2-5H3,(H,49,57)(H,50,54)(H,51,56)/t31-,34-,40+,42+,47-/m1/s1. The fraction of sp³-hybridized carbons (Fsp3) is 0.426. The fourth-order valence-electron chi connectivity index (χ4n) is 9.05. The number of rotatable bonds is 14. The van der Waals surface area contributed by atoms with Crippen molar-refractivity contribution in [2.45, 2.75) is 93.5 Å². The summed E-state index contributed by atoms with van der Waals surface area (Å²) in [4.78, 5) is 64.9. The summed E-state index contributed by atoms with van der Waals surface area (Å²) in [5.41, 5.74) is 2.91. The lowest BCUT2D eigenvalue weighted by Crippen LogP contribution is -2.59. The van der Waals surface area contributed by atoms with Gasteiger partial charge in [0.1, 0.15) is 41.3 Å². The van der Waals surface area contributed by atoms with E-state index in [1.54, 1.807) is 33.1 Å². The second kappa shape index (κ2) is 17.5. The highest BCUT2D eigenvalue weighted by atomic mass is 32.2. The quantitative estimate of drug-likeness (QED) is 0.136. The largest absolute Gasteiger partial charge is 0.497 e. The van der Waals surface area contributed by atoms with E-state index in [4.69, 9.17) is 19.2 Å². The Morgan fingerprint density at radius 2 is 1.75 bits per heavy atom. The Kier molecular flexibility index (Phi) is 12.1. The molecule has 1 aromatic heterocycles. The average Bonchev–Trinajstić information content (AvgIpc) is 3.60. The molecule has 2 aliphatic heterocycles. The Hall–Kier alpha value is -6.16. The maximum absolute atomic E-state index is 14.7. The second-order valence-electron chi connectivity index (χ2n) is 17.3. The smallest absolute Gasteiger partial charge is 0.408 e. The van der Waals surface area contributed by atoms with Gasteiger partial charge >= 0.3 is 6.09 Å². The van der Waals surface area contributed by atoms with Crippen molar-refractivity contribution < 1.29 is 41.8 Å². The van der Waals surface area contributed by atoms with Crippen molar-refractivity contribution >= 4 is 50.4 Å². The molecule has 2 saturated carbocycles. The number of alkyl carbamates (subject to hydrolysis) is 1. The summed E-state index contributed by atoms with van der Waals surface area (Å²) in [5, 5.41) is 6.29. The van der Waals surface area contributed by atoms with Gasteiger partial charge < -0.3 is 34.6 Å². The molecule has 3 N–H and O–H groups in total. The van der Waals surface area contributed by atoms with E-state index < -0.39 is 69.4 Å². The van der Waals surface area contributed by atoms with E-state index in [-0.39, 0.29) is 30.4 Å². The van der Waals surface area contributed by atoms with Gasteiger partial charge in [-0.25, -0.2) is 22.9 Å². The summed E-state index contributed by atoms with van der Waals surface area (Å²) in [6.07, 6.45) is 4.21. The summed E-state index contributed by atoms with van der Waals surface area (Å²) < 4.78 is 46.7. The van der Waals surface area contributed by atoms with Crippen LogP contribution in [0.1, 0.15) is 57.9 Å². The van der Waals surface area contributed by atoms with E-state index in [0.29, 0.717) is 28.1 Å². The number of aromatic nitrogens is 1. The number of hydrogen-bond acceptors (Lipinski definition) is 11. The van der Waals surface area contributed by atoms with Crippen molar-refractivity contribution in [2.75, 3.05) is 32.1 Å². The van der Waals surface area contributed by atoms with Crippen LogP contribution in [0.4, 0.5) is 10.5 Å². The van der Waals surface area contributed by atoms with Gasteiger partial charge in [0.15, 0.2) is 0 Å². The van der Waals surface area contributed by atoms with Crippen LogP contribution in [0.2, 0.25) is 0 Å². The van der Waals surface area contributed by atoms with Crippen LogP contribution < -0.4 is 29.7 Å². The topological polar surface area (TPSA) is 186 Å². The third kappa shape index (κ3) is 8.90. The first-order chi connectivity index (χ1) is 30.2. The summed E-state index contributed by atoms with van der Waals surface area (Å²) in [5.74, 6) is -2.05. The molecule has 4 amide bonds. The first-order valence-electron chi connectivity index (χ1n) is 21.5. The van der Waals surface area contributed by atoms with E-state index in [2.05, 4.69) is 46.0 Å². The molecule has 0 unspecified atom stereocenters. The molecule has 2 aliphatic carbocycles. The molecular weight excluding hydrogens is 825 g/mol. The molecule has 3 fully saturated rings. The van der Waals surface area contributed by atoms with E-state index in [1.165, 1.54) is 46.5 Å². The van der Waals surface area contributed by atoms with E-state index in [9.17, 15) is 27.6 Å². The molecule has 4 aromatic rings. The van der Waals surface area contributed by atoms with Crippen molar-refractivity contribution in [2.24, 2.45) is 11.8 Å².